The van der Waals surface area contributed by atoms with Gasteiger partial charge in [0.2, 0.25) is 0 Å². The van der Waals surface area contributed by atoms with Gasteiger partial charge in [-0.3, -0.25) is 10.3 Å². The summed E-state index contributed by atoms with van der Waals surface area (Å²) in [6, 6.07) is 8.97. The molecule has 0 bridgehead atoms. The lowest BCUT2D eigenvalue weighted by molar-refractivity contribution is 0.135. The summed E-state index contributed by atoms with van der Waals surface area (Å²) in [4.78, 5) is 0. The Morgan fingerprint density at radius 2 is 1.79 bits per heavy atom. The van der Waals surface area contributed by atoms with Gasteiger partial charge in [-0.15, -0.1) is 0 Å². The maximum atomic E-state index is 9.82. The molecule has 0 aliphatic rings. The lowest BCUT2D eigenvalue weighted by Crippen LogP contribution is -2.39. The summed E-state index contributed by atoms with van der Waals surface area (Å²) < 4.78 is 0. The van der Waals surface area contributed by atoms with Gasteiger partial charge < -0.3 is 5.11 Å². The Labute approximate surface area is 84.6 Å². The zero-order valence-corrected chi connectivity index (χ0v) is 8.59. The Bertz CT molecular complexity index is 261. The standard InChI is InChI=1S/C11H17NO2/c1-9(2)11(8-13)12(14)10-6-4-3-5-7-10/h3-7,9,11,13-14H,8H2,1-2H3/t11-/m1/s1. The summed E-state index contributed by atoms with van der Waals surface area (Å²) in [6.07, 6.45) is 0. The Morgan fingerprint density at radius 1 is 1.21 bits per heavy atom. The summed E-state index contributed by atoms with van der Waals surface area (Å²) in [7, 11) is 0. The number of aliphatic hydroxyl groups is 1. The number of hydrogen-bond donors (Lipinski definition) is 2. The fraction of sp³-hybridized carbons (Fsp3) is 0.455. The average Bonchev–Trinajstić information content (AvgIpc) is 2.19. The lowest BCUT2D eigenvalue weighted by atomic mass is 10.0. The van der Waals surface area contributed by atoms with Crippen molar-refractivity contribution in [1.82, 2.24) is 0 Å². The third-order valence-electron chi connectivity index (χ3n) is 2.29. The highest BCUT2D eigenvalue weighted by Gasteiger charge is 2.19. The van der Waals surface area contributed by atoms with Crippen molar-refractivity contribution in [3.05, 3.63) is 30.3 Å². The van der Waals surface area contributed by atoms with Gasteiger partial charge in [0.15, 0.2) is 0 Å². The first-order valence-electron chi connectivity index (χ1n) is 4.80. The molecule has 0 heterocycles. The highest BCUT2D eigenvalue weighted by Crippen LogP contribution is 2.17. The summed E-state index contributed by atoms with van der Waals surface area (Å²) in [6.45, 7) is 3.88. The van der Waals surface area contributed by atoms with E-state index in [0.717, 1.165) is 5.06 Å². The predicted molar refractivity (Wildman–Crippen MR) is 56.4 cm³/mol. The van der Waals surface area contributed by atoms with Gasteiger partial charge in [-0.1, -0.05) is 32.0 Å². The van der Waals surface area contributed by atoms with Gasteiger partial charge in [-0.05, 0) is 18.1 Å². The van der Waals surface area contributed by atoms with Crippen LogP contribution in [0.2, 0.25) is 0 Å². The average molecular weight is 195 g/mol. The summed E-state index contributed by atoms with van der Waals surface area (Å²) >= 11 is 0. The molecule has 3 nitrogen and oxygen atoms in total. The molecular formula is C11H17NO2. The number of rotatable bonds is 4. The molecule has 14 heavy (non-hydrogen) atoms. The van der Waals surface area contributed by atoms with E-state index >= 15 is 0 Å². The second-order valence-electron chi connectivity index (χ2n) is 3.67. The SMILES string of the molecule is CC(C)[C@@H](CO)N(O)c1ccccc1. The van der Waals surface area contributed by atoms with Crippen LogP contribution in [0.5, 0.6) is 0 Å². The summed E-state index contributed by atoms with van der Waals surface area (Å²) in [5.41, 5.74) is 0.709. The molecule has 0 radical (unpaired) electrons. The van der Waals surface area contributed by atoms with E-state index in [0.29, 0.717) is 5.69 Å². The van der Waals surface area contributed by atoms with Crippen molar-refractivity contribution < 1.29 is 10.3 Å². The molecule has 0 spiro atoms. The molecule has 3 heteroatoms. The van der Waals surface area contributed by atoms with E-state index in [4.69, 9.17) is 5.11 Å². The highest BCUT2D eigenvalue weighted by molar-refractivity contribution is 5.43. The van der Waals surface area contributed by atoms with Crippen molar-refractivity contribution >= 4 is 5.69 Å². The first-order chi connectivity index (χ1) is 6.66. The van der Waals surface area contributed by atoms with Crippen LogP contribution in [-0.4, -0.2) is 23.0 Å². The van der Waals surface area contributed by atoms with Crippen LogP contribution in [0.4, 0.5) is 5.69 Å². The predicted octanol–water partition coefficient (Wildman–Crippen LogP) is 1.90. The molecule has 2 N–H and O–H groups in total. The van der Waals surface area contributed by atoms with Gasteiger partial charge >= 0.3 is 0 Å². The van der Waals surface area contributed by atoms with Crippen molar-refractivity contribution in [2.45, 2.75) is 19.9 Å². The first kappa shape index (κ1) is 11.0. The van der Waals surface area contributed by atoms with E-state index in [9.17, 15) is 5.21 Å². The number of para-hydroxylation sites is 1. The number of hydrogen-bond acceptors (Lipinski definition) is 3. The van der Waals surface area contributed by atoms with Crippen LogP contribution in [0.25, 0.3) is 0 Å². The van der Waals surface area contributed by atoms with Crippen molar-refractivity contribution in [2.24, 2.45) is 5.92 Å². The van der Waals surface area contributed by atoms with Crippen LogP contribution in [0.1, 0.15) is 13.8 Å². The Hall–Kier alpha value is -1.06. The Morgan fingerprint density at radius 3 is 2.21 bits per heavy atom. The molecule has 1 aromatic carbocycles. The van der Waals surface area contributed by atoms with Crippen molar-refractivity contribution in [3.8, 4) is 0 Å². The minimum Gasteiger partial charge on any atom is -0.394 e. The van der Waals surface area contributed by atoms with E-state index in [-0.39, 0.29) is 18.6 Å². The number of anilines is 1. The smallest absolute Gasteiger partial charge is 0.0816 e. The Kier molecular flexibility index (Phi) is 3.92. The fourth-order valence-electron chi connectivity index (χ4n) is 1.34. The zero-order valence-electron chi connectivity index (χ0n) is 8.59. The molecule has 78 valence electrons. The van der Waals surface area contributed by atoms with E-state index < -0.39 is 0 Å². The van der Waals surface area contributed by atoms with Crippen LogP contribution in [0.15, 0.2) is 30.3 Å². The molecule has 0 saturated carbocycles. The minimum absolute atomic E-state index is 0.0525. The molecule has 0 amide bonds. The van der Waals surface area contributed by atoms with Crippen LogP contribution in [-0.2, 0) is 0 Å². The molecular weight excluding hydrogens is 178 g/mol. The van der Waals surface area contributed by atoms with Crippen molar-refractivity contribution in [2.75, 3.05) is 11.7 Å². The van der Waals surface area contributed by atoms with Crippen molar-refractivity contribution in [3.63, 3.8) is 0 Å². The molecule has 1 aromatic rings. The van der Waals surface area contributed by atoms with E-state index in [2.05, 4.69) is 0 Å². The molecule has 0 fully saturated rings. The van der Waals surface area contributed by atoms with Crippen LogP contribution in [0.3, 0.4) is 0 Å². The third kappa shape index (κ3) is 2.47. The number of aliphatic hydroxyl groups excluding tert-OH is 1. The van der Waals surface area contributed by atoms with Gasteiger partial charge in [0.05, 0.1) is 18.3 Å². The number of benzene rings is 1. The van der Waals surface area contributed by atoms with Crippen LogP contribution >= 0.6 is 0 Å². The van der Waals surface area contributed by atoms with E-state index in [1.54, 1.807) is 0 Å². The maximum Gasteiger partial charge on any atom is 0.0816 e. The second-order valence-corrected chi connectivity index (χ2v) is 3.67. The van der Waals surface area contributed by atoms with Gasteiger partial charge in [0.25, 0.3) is 0 Å². The fourth-order valence-corrected chi connectivity index (χ4v) is 1.34. The molecule has 0 aliphatic carbocycles. The Balaban J connectivity index is 2.78. The number of nitrogens with zero attached hydrogens (tertiary/aromatic N) is 1. The second kappa shape index (κ2) is 4.98. The maximum absolute atomic E-state index is 9.82. The van der Waals surface area contributed by atoms with Gasteiger partial charge in [0.1, 0.15) is 0 Å². The topological polar surface area (TPSA) is 43.7 Å². The lowest BCUT2D eigenvalue weighted by Gasteiger charge is -2.29. The quantitative estimate of drug-likeness (QED) is 0.721. The minimum atomic E-state index is -0.252. The molecule has 1 atom stereocenters. The van der Waals surface area contributed by atoms with E-state index in [1.807, 2.05) is 44.2 Å². The van der Waals surface area contributed by atoms with E-state index in [1.165, 1.54) is 0 Å². The first-order valence-corrected chi connectivity index (χ1v) is 4.80. The molecule has 1 rings (SSSR count). The normalized spacial score (nSPS) is 12.9. The van der Waals surface area contributed by atoms with Gasteiger partial charge in [-0.2, -0.15) is 0 Å². The molecule has 0 unspecified atom stereocenters. The van der Waals surface area contributed by atoms with Crippen LogP contribution < -0.4 is 5.06 Å². The molecule has 0 aromatic heterocycles. The third-order valence-corrected chi connectivity index (χ3v) is 2.29. The van der Waals surface area contributed by atoms with Gasteiger partial charge in [-0.25, -0.2) is 0 Å². The van der Waals surface area contributed by atoms with Gasteiger partial charge in [0, 0.05) is 0 Å². The highest BCUT2D eigenvalue weighted by atomic mass is 16.5. The summed E-state index contributed by atoms with van der Waals surface area (Å²) in [5, 5.41) is 20.1. The zero-order chi connectivity index (χ0) is 10.6. The van der Waals surface area contributed by atoms with Crippen LogP contribution in [0, 0.1) is 5.92 Å². The summed E-state index contributed by atoms with van der Waals surface area (Å²) in [5.74, 6) is 0.199. The molecule has 0 aliphatic heterocycles. The molecule has 0 saturated heterocycles. The number of hydroxylamine groups is 1. The largest absolute Gasteiger partial charge is 0.394 e. The monoisotopic (exact) mass is 195 g/mol. The van der Waals surface area contributed by atoms with Crippen molar-refractivity contribution in [1.29, 1.82) is 0 Å².